The van der Waals surface area contributed by atoms with Gasteiger partial charge in [0, 0.05) is 18.8 Å². The second-order valence-electron chi connectivity index (χ2n) is 7.79. The van der Waals surface area contributed by atoms with Crippen molar-refractivity contribution in [1.29, 1.82) is 0 Å². The Hall–Kier alpha value is -0.860. The number of nitrogens with one attached hydrogen (secondary N) is 1. The second kappa shape index (κ2) is 6.73. The molecule has 2 rings (SSSR count). The highest BCUT2D eigenvalue weighted by Crippen LogP contribution is 2.34. The maximum Gasteiger partial charge on any atom is 0.228 e. The van der Waals surface area contributed by atoms with E-state index in [1.54, 1.807) is 0 Å². The Balaban J connectivity index is 1.72. The number of hydrogen-bond acceptors (Lipinski definition) is 2. The molecule has 114 valence electrons. The lowest BCUT2D eigenvalue weighted by Crippen LogP contribution is -2.42. The van der Waals surface area contributed by atoms with Crippen LogP contribution in [0.15, 0.2) is 4.99 Å². The number of amides is 1. The maximum absolute atomic E-state index is 12.2. The molecule has 1 aliphatic heterocycles. The lowest BCUT2D eigenvalue weighted by atomic mass is 9.76. The van der Waals surface area contributed by atoms with E-state index in [1.807, 2.05) is 6.21 Å². The summed E-state index contributed by atoms with van der Waals surface area (Å²) in [6, 6.07) is 0.397. The van der Waals surface area contributed by atoms with Gasteiger partial charge in [0.15, 0.2) is 0 Å². The molecule has 0 aromatic rings. The van der Waals surface area contributed by atoms with Crippen molar-refractivity contribution < 1.29 is 4.79 Å². The Morgan fingerprint density at radius 3 is 2.45 bits per heavy atom. The van der Waals surface area contributed by atoms with Gasteiger partial charge in [-0.1, -0.05) is 20.8 Å². The molecule has 0 aromatic heterocycles. The summed E-state index contributed by atoms with van der Waals surface area (Å²) in [5.74, 6) is 1.07. The van der Waals surface area contributed by atoms with Crippen molar-refractivity contribution in [1.82, 2.24) is 5.32 Å². The van der Waals surface area contributed by atoms with E-state index in [2.05, 4.69) is 31.1 Å². The molecule has 1 saturated carbocycles. The molecule has 1 heterocycles. The van der Waals surface area contributed by atoms with Gasteiger partial charge in [-0.25, -0.2) is 0 Å². The molecule has 3 nitrogen and oxygen atoms in total. The van der Waals surface area contributed by atoms with E-state index < -0.39 is 0 Å². The molecule has 1 N–H and O–H groups in total. The Morgan fingerprint density at radius 2 is 1.90 bits per heavy atom. The molecule has 1 amide bonds. The third kappa shape index (κ3) is 4.92. The van der Waals surface area contributed by atoms with E-state index in [4.69, 9.17) is 0 Å². The van der Waals surface area contributed by atoms with Crippen LogP contribution in [0.5, 0.6) is 0 Å². The van der Waals surface area contributed by atoms with Gasteiger partial charge in [-0.3, -0.25) is 9.79 Å². The van der Waals surface area contributed by atoms with Gasteiger partial charge < -0.3 is 5.32 Å². The van der Waals surface area contributed by atoms with Gasteiger partial charge in [0.2, 0.25) is 5.91 Å². The smallest absolute Gasteiger partial charge is 0.228 e. The highest BCUT2D eigenvalue weighted by molar-refractivity contribution is 5.93. The van der Waals surface area contributed by atoms with Crippen molar-refractivity contribution in [3.05, 3.63) is 0 Å². The zero-order chi connectivity index (χ0) is 14.6. The van der Waals surface area contributed by atoms with Crippen LogP contribution in [0, 0.1) is 17.3 Å². The van der Waals surface area contributed by atoms with Crippen LogP contribution in [0.4, 0.5) is 0 Å². The number of hydrogen-bond donors (Lipinski definition) is 1. The second-order valence-corrected chi connectivity index (χ2v) is 7.79. The van der Waals surface area contributed by atoms with Crippen LogP contribution in [-0.2, 0) is 4.79 Å². The summed E-state index contributed by atoms with van der Waals surface area (Å²) in [6.45, 7) is 7.86. The Morgan fingerprint density at radius 1 is 1.20 bits per heavy atom. The van der Waals surface area contributed by atoms with Crippen LogP contribution in [-0.4, -0.2) is 24.7 Å². The monoisotopic (exact) mass is 278 g/mol. The summed E-state index contributed by atoms with van der Waals surface area (Å²) >= 11 is 0. The molecule has 20 heavy (non-hydrogen) atoms. The van der Waals surface area contributed by atoms with E-state index in [9.17, 15) is 4.79 Å². The van der Waals surface area contributed by atoms with Gasteiger partial charge in [0.05, 0.1) is 5.92 Å². The zero-order valence-electron chi connectivity index (χ0n) is 13.3. The number of aliphatic imine (C=N–C) groups is 1. The number of rotatable bonds is 3. The molecule has 0 radical (unpaired) electrons. The molecule has 1 atom stereocenters. The quantitative estimate of drug-likeness (QED) is 0.842. The highest BCUT2D eigenvalue weighted by atomic mass is 16.1. The lowest BCUT2D eigenvalue weighted by molar-refractivity contribution is -0.124. The topological polar surface area (TPSA) is 41.5 Å². The first-order valence-electron chi connectivity index (χ1n) is 8.24. The molecular formula is C17H30N2O. The lowest BCUT2D eigenvalue weighted by Gasteiger charge is -2.33. The minimum absolute atomic E-state index is 0.0241. The standard InChI is InChI=1S/C17H30N2O/c1-17(2,3)11-13-6-8-15(9-7-13)19-16(20)14-5-4-10-18-12-14/h12-15H,4-11H2,1-3H3,(H,19,20). The average Bonchev–Trinajstić information content (AvgIpc) is 2.40. The Kier molecular flexibility index (Phi) is 5.22. The van der Waals surface area contributed by atoms with E-state index in [0.717, 1.165) is 38.1 Å². The number of nitrogens with zero attached hydrogens (tertiary/aromatic N) is 1. The summed E-state index contributed by atoms with van der Waals surface area (Å²) in [4.78, 5) is 16.4. The molecule has 1 fully saturated rings. The van der Waals surface area contributed by atoms with Gasteiger partial charge in [-0.15, -0.1) is 0 Å². The van der Waals surface area contributed by atoms with Crippen molar-refractivity contribution in [3.8, 4) is 0 Å². The summed E-state index contributed by atoms with van der Waals surface area (Å²) in [5.41, 5.74) is 0.430. The molecule has 3 heteroatoms. The molecule has 0 aromatic carbocycles. The maximum atomic E-state index is 12.2. The fourth-order valence-corrected chi connectivity index (χ4v) is 3.56. The highest BCUT2D eigenvalue weighted by Gasteiger charge is 2.27. The summed E-state index contributed by atoms with van der Waals surface area (Å²) in [5, 5.41) is 3.24. The molecule has 1 unspecified atom stereocenters. The number of carbonyl (C=O) groups is 1. The summed E-state index contributed by atoms with van der Waals surface area (Å²) < 4.78 is 0. The summed E-state index contributed by atoms with van der Waals surface area (Å²) in [6.07, 6.45) is 10.0. The predicted octanol–water partition coefficient (Wildman–Crippen LogP) is 3.58. The molecule has 0 spiro atoms. The molecule has 0 bridgehead atoms. The Labute approximate surface area is 123 Å². The van der Waals surface area contributed by atoms with Gasteiger partial charge in [-0.05, 0) is 56.3 Å². The molecular weight excluding hydrogens is 248 g/mol. The Bertz CT molecular complexity index is 348. The minimum Gasteiger partial charge on any atom is -0.353 e. The predicted molar refractivity (Wildman–Crippen MR) is 84.0 cm³/mol. The third-order valence-corrected chi connectivity index (χ3v) is 4.52. The van der Waals surface area contributed by atoms with Crippen LogP contribution in [0.2, 0.25) is 0 Å². The normalized spacial score (nSPS) is 31.1. The van der Waals surface area contributed by atoms with E-state index in [-0.39, 0.29) is 11.8 Å². The van der Waals surface area contributed by atoms with E-state index in [0.29, 0.717) is 11.5 Å². The average molecular weight is 278 g/mol. The molecule has 2 aliphatic rings. The first-order valence-corrected chi connectivity index (χ1v) is 8.24. The first-order chi connectivity index (χ1) is 9.44. The fraction of sp³-hybridized carbons (Fsp3) is 0.882. The van der Waals surface area contributed by atoms with Crippen LogP contribution in [0.25, 0.3) is 0 Å². The van der Waals surface area contributed by atoms with Crippen molar-refractivity contribution >= 4 is 12.1 Å². The van der Waals surface area contributed by atoms with Crippen molar-refractivity contribution in [2.45, 2.75) is 71.8 Å². The minimum atomic E-state index is 0.0241. The van der Waals surface area contributed by atoms with Crippen LogP contribution >= 0.6 is 0 Å². The molecule has 0 saturated heterocycles. The van der Waals surface area contributed by atoms with Crippen molar-refractivity contribution in [2.75, 3.05) is 6.54 Å². The summed E-state index contributed by atoms with van der Waals surface area (Å²) in [7, 11) is 0. The van der Waals surface area contributed by atoms with Crippen LogP contribution < -0.4 is 5.32 Å². The van der Waals surface area contributed by atoms with Crippen LogP contribution in [0.3, 0.4) is 0 Å². The SMILES string of the molecule is CC(C)(C)CC1CCC(NC(=O)C2C=NCCC2)CC1. The number of carbonyl (C=O) groups excluding carboxylic acids is 1. The van der Waals surface area contributed by atoms with E-state index >= 15 is 0 Å². The van der Waals surface area contributed by atoms with Crippen LogP contribution in [0.1, 0.15) is 65.7 Å². The van der Waals surface area contributed by atoms with E-state index in [1.165, 1.54) is 19.3 Å². The van der Waals surface area contributed by atoms with Gasteiger partial charge in [0.1, 0.15) is 0 Å². The third-order valence-electron chi connectivity index (χ3n) is 4.52. The van der Waals surface area contributed by atoms with Gasteiger partial charge >= 0.3 is 0 Å². The van der Waals surface area contributed by atoms with Crippen molar-refractivity contribution in [2.24, 2.45) is 22.2 Å². The van der Waals surface area contributed by atoms with Gasteiger partial charge in [-0.2, -0.15) is 0 Å². The van der Waals surface area contributed by atoms with Gasteiger partial charge in [0.25, 0.3) is 0 Å². The molecule has 1 aliphatic carbocycles. The zero-order valence-corrected chi connectivity index (χ0v) is 13.3. The first kappa shape index (κ1) is 15.5. The fourth-order valence-electron chi connectivity index (χ4n) is 3.56. The largest absolute Gasteiger partial charge is 0.353 e. The van der Waals surface area contributed by atoms with Crippen molar-refractivity contribution in [3.63, 3.8) is 0 Å².